The molecule has 1 aromatic rings. The third kappa shape index (κ3) is 3.20. The fraction of sp³-hybridized carbons (Fsp3) is 0.462. The molecule has 0 saturated carbocycles. The van der Waals surface area contributed by atoms with Crippen molar-refractivity contribution < 1.29 is 9.53 Å². The van der Waals surface area contributed by atoms with Crippen LogP contribution in [0.15, 0.2) is 18.2 Å². The molecule has 0 aliphatic carbocycles. The molecular weight excluding hydrogens is 238 g/mol. The number of hydrogen-bond acceptors (Lipinski definition) is 3. The van der Waals surface area contributed by atoms with Crippen LogP contribution in [0.25, 0.3) is 0 Å². The average Bonchev–Trinajstić information content (AvgIpc) is 2.28. The van der Waals surface area contributed by atoms with Gasteiger partial charge in [-0.1, -0.05) is 18.5 Å². The Hall–Kier alpha value is -1.06. The Balaban J connectivity index is 3.15. The van der Waals surface area contributed by atoms with Gasteiger partial charge in [-0.15, -0.1) is 0 Å². The summed E-state index contributed by atoms with van der Waals surface area (Å²) in [5, 5.41) is 3.67. The molecule has 3 nitrogen and oxygen atoms in total. The topological polar surface area (TPSA) is 38.3 Å². The number of carbonyl (C=O) groups is 1. The molecule has 0 aliphatic rings. The molecule has 1 N–H and O–H groups in total. The minimum Gasteiger partial charge on any atom is -0.496 e. The van der Waals surface area contributed by atoms with Gasteiger partial charge in [0.1, 0.15) is 5.75 Å². The largest absolute Gasteiger partial charge is 0.496 e. The molecular formula is C13H18ClNO2. The van der Waals surface area contributed by atoms with Crippen LogP contribution >= 0.6 is 11.6 Å². The Morgan fingerprint density at radius 3 is 2.65 bits per heavy atom. The summed E-state index contributed by atoms with van der Waals surface area (Å²) in [4.78, 5) is 12.4. The van der Waals surface area contributed by atoms with Crippen molar-refractivity contribution in [2.45, 2.75) is 26.3 Å². The number of ketones is 1. The number of likely N-dealkylation sites (N-methyl/N-ethyl adjacent to an activating group) is 1. The smallest absolute Gasteiger partial charge is 0.186 e. The second-order valence-corrected chi connectivity index (χ2v) is 4.77. The lowest BCUT2D eigenvalue weighted by Gasteiger charge is -2.25. The van der Waals surface area contributed by atoms with Crippen LogP contribution < -0.4 is 10.1 Å². The molecule has 0 aromatic heterocycles. The molecule has 0 radical (unpaired) electrons. The summed E-state index contributed by atoms with van der Waals surface area (Å²) in [7, 11) is 1.54. The number of methoxy groups -OCH3 is 1. The molecule has 0 atom stereocenters. The highest BCUT2D eigenvalue weighted by atomic mass is 35.5. The van der Waals surface area contributed by atoms with Crippen molar-refractivity contribution in [3.05, 3.63) is 28.8 Å². The van der Waals surface area contributed by atoms with E-state index in [0.717, 1.165) is 6.54 Å². The van der Waals surface area contributed by atoms with Crippen LogP contribution in [0.2, 0.25) is 5.02 Å². The fourth-order valence-electron chi connectivity index (χ4n) is 1.72. The lowest BCUT2D eigenvalue weighted by atomic mass is 9.92. The maximum Gasteiger partial charge on any atom is 0.186 e. The summed E-state index contributed by atoms with van der Waals surface area (Å²) in [5.74, 6) is 0.518. The predicted molar refractivity (Wildman–Crippen MR) is 70.1 cm³/mol. The van der Waals surface area contributed by atoms with E-state index in [2.05, 4.69) is 5.32 Å². The zero-order chi connectivity index (χ0) is 13.1. The molecule has 0 fully saturated rings. The molecule has 0 bridgehead atoms. The van der Waals surface area contributed by atoms with Crippen LogP contribution in [0.1, 0.15) is 31.1 Å². The molecule has 4 heteroatoms. The van der Waals surface area contributed by atoms with Gasteiger partial charge < -0.3 is 10.1 Å². The van der Waals surface area contributed by atoms with Gasteiger partial charge in [0.15, 0.2) is 5.78 Å². The van der Waals surface area contributed by atoms with Gasteiger partial charge in [0.25, 0.3) is 0 Å². The normalized spacial score (nSPS) is 11.4. The molecule has 1 rings (SSSR count). The highest BCUT2D eigenvalue weighted by Gasteiger charge is 2.29. The quantitative estimate of drug-likeness (QED) is 0.823. The van der Waals surface area contributed by atoms with Crippen molar-refractivity contribution >= 4 is 17.4 Å². The molecule has 0 heterocycles. The average molecular weight is 256 g/mol. The Labute approximate surface area is 107 Å². The van der Waals surface area contributed by atoms with Crippen LogP contribution in [0.3, 0.4) is 0 Å². The first-order valence-electron chi connectivity index (χ1n) is 5.55. The lowest BCUT2D eigenvalue weighted by molar-refractivity contribution is 0.0881. The maximum absolute atomic E-state index is 12.4. The fourth-order valence-corrected chi connectivity index (χ4v) is 1.89. The number of nitrogens with one attached hydrogen (secondary N) is 1. The maximum atomic E-state index is 12.4. The third-order valence-corrected chi connectivity index (χ3v) is 2.83. The Morgan fingerprint density at radius 2 is 2.12 bits per heavy atom. The van der Waals surface area contributed by atoms with E-state index in [1.54, 1.807) is 25.3 Å². The monoisotopic (exact) mass is 255 g/mol. The van der Waals surface area contributed by atoms with Crippen LogP contribution in [-0.2, 0) is 0 Å². The molecule has 1 aromatic carbocycles. The number of benzene rings is 1. The molecule has 0 unspecified atom stereocenters. The zero-order valence-electron chi connectivity index (χ0n) is 10.6. The van der Waals surface area contributed by atoms with Gasteiger partial charge in [-0.05, 0) is 38.6 Å². The number of halogens is 1. The lowest BCUT2D eigenvalue weighted by Crippen LogP contribution is -2.46. The second kappa shape index (κ2) is 5.52. The number of Topliss-reactive ketones (excluding diaryl/α,β-unsaturated/α-hetero) is 1. The van der Waals surface area contributed by atoms with Gasteiger partial charge in [-0.3, -0.25) is 4.79 Å². The highest BCUT2D eigenvalue weighted by Crippen LogP contribution is 2.26. The van der Waals surface area contributed by atoms with Crippen molar-refractivity contribution in [3.63, 3.8) is 0 Å². The van der Waals surface area contributed by atoms with Gasteiger partial charge in [-0.2, -0.15) is 0 Å². The minimum absolute atomic E-state index is 0.0290. The first-order chi connectivity index (χ1) is 7.92. The van der Waals surface area contributed by atoms with Gasteiger partial charge in [0, 0.05) is 5.02 Å². The summed E-state index contributed by atoms with van der Waals surface area (Å²) in [6.45, 7) is 6.38. The molecule has 94 valence electrons. The van der Waals surface area contributed by atoms with E-state index in [1.807, 2.05) is 20.8 Å². The van der Waals surface area contributed by atoms with Crippen molar-refractivity contribution in [2.24, 2.45) is 0 Å². The summed E-state index contributed by atoms with van der Waals surface area (Å²) in [6.07, 6.45) is 0. The highest BCUT2D eigenvalue weighted by molar-refractivity contribution is 6.31. The predicted octanol–water partition coefficient (Wildman–Crippen LogP) is 2.92. The Kier molecular flexibility index (Phi) is 4.54. The van der Waals surface area contributed by atoms with Crippen LogP contribution in [0.5, 0.6) is 5.75 Å². The van der Waals surface area contributed by atoms with Gasteiger partial charge >= 0.3 is 0 Å². The van der Waals surface area contributed by atoms with Crippen molar-refractivity contribution in [2.75, 3.05) is 13.7 Å². The van der Waals surface area contributed by atoms with Crippen molar-refractivity contribution in [1.82, 2.24) is 5.32 Å². The van der Waals surface area contributed by atoms with E-state index in [9.17, 15) is 4.79 Å². The van der Waals surface area contributed by atoms with E-state index in [4.69, 9.17) is 16.3 Å². The molecule has 0 saturated heterocycles. The number of ether oxygens (including phenoxy) is 1. The molecule has 0 amide bonds. The first-order valence-corrected chi connectivity index (χ1v) is 5.93. The molecule has 0 spiro atoms. The van der Waals surface area contributed by atoms with E-state index in [-0.39, 0.29) is 5.78 Å². The Morgan fingerprint density at radius 1 is 1.47 bits per heavy atom. The van der Waals surface area contributed by atoms with Crippen molar-refractivity contribution in [1.29, 1.82) is 0 Å². The first kappa shape index (κ1) is 14.0. The standard InChI is InChI=1S/C13H18ClNO2/c1-5-15-13(2,3)12(16)10-8-9(14)6-7-11(10)17-4/h6-8,15H,5H2,1-4H3. The number of rotatable bonds is 5. The van der Waals surface area contributed by atoms with E-state index >= 15 is 0 Å². The van der Waals surface area contributed by atoms with E-state index in [0.29, 0.717) is 16.3 Å². The molecule has 17 heavy (non-hydrogen) atoms. The van der Waals surface area contributed by atoms with Crippen molar-refractivity contribution in [3.8, 4) is 5.75 Å². The summed E-state index contributed by atoms with van der Waals surface area (Å²) in [6, 6.07) is 5.05. The summed E-state index contributed by atoms with van der Waals surface area (Å²) >= 11 is 5.92. The number of hydrogen-bond donors (Lipinski definition) is 1. The van der Waals surface area contributed by atoms with E-state index in [1.165, 1.54) is 0 Å². The van der Waals surface area contributed by atoms with Gasteiger partial charge in [0.2, 0.25) is 0 Å². The molecule has 0 aliphatic heterocycles. The summed E-state index contributed by atoms with van der Waals surface area (Å²) < 4.78 is 5.19. The zero-order valence-corrected chi connectivity index (χ0v) is 11.4. The van der Waals surface area contributed by atoms with Crippen LogP contribution in [0.4, 0.5) is 0 Å². The minimum atomic E-state index is -0.632. The summed E-state index contributed by atoms with van der Waals surface area (Å²) in [5.41, 5.74) is -0.127. The van der Waals surface area contributed by atoms with Gasteiger partial charge in [0.05, 0.1) is 18.2 Å². The SMILES string of the molecule is CCNC(C)(C)C(=O)c1cc(Cl)ccc1OC. The third-order valence-electron chi connectivity index (χ3n) is 2.59. The number of carbonyl (C=O) groups excluding carboxylic acids is 1. The van der Waals surface area contributed by atoms with Crippen LogP contribution in [-0.4, -0.2) is 25.0 Å². The second-order valence-electron chi connectivity index (χ2n) is 4.33. The Bertz CT molecular complexity index is 416. The van der Waals surface area contributed by atoms with Gasteiger partial charge in [-0.25, -0.2) is 0 Å². The van der Waals surface area contributed by atoms with E-state index < -0.39 is 5.54 Å². The van der Waals surface area contributed by atoms with Crippen LogP contribution in [0, 0.1) is 0 Å².